The van der Waals surface area contributed by atoms with E-state index in [1.54, 1.807) is 18.2 Å². The summed E-state index contributed by atoms with van der Waals surface area (Å²) in [5, 5.41) is 0. The van der Waals surface area contributed by atoms with Crippen LogP contribution >= 0.6 is 0 Å². The number of hydrogen-bond donors (Lipinski definition) is 0. The smallest absolute Gasteiger partial charge is 0.166 e. The molecule has 1 aliphatic heterocycles. The van der Waals surface area contributed by atoms with Crippen LogP contribution < -0.4 is 4.74 Å². The Morgan fingerprint density at radius 2 is 1.92 bits per heavy atom. The third kappa shape index (κ3) is 3.85. The highest BCUT2D eigenvalue weighted by atomic mass is 16.5. The molecule has 2 fully saturated rings. The van der Waals surface area contributed by atoms with Gasteiger partial charge in [0.15, 0.2) is 11.6 Å². The van der Waals surface area contributed by atoms with Crippen molar-refractivity contribution < 1.29 is 14.3 Å². The maximum absolute atomic E-state index is 12.4. The molecule has 0 bridgehead atoms. The van der Waals surface area contributed by atoms with Gasteiger partial charge in [0, 0.05) is 36.7 Å². The van der Waals surface area contributed by atoms with E-state index in [4.69, 9.17) is 4.74 Å². The Bertz CT molecular complexity index is 681. The minimum Gasteiger partial charge on any atom is -0.492 e. The van der Waals surface area contributed by atoms with E-state index >= 15 is 0 Å². The van der Waals surface area contributed by atoms with Gasteiger partial charge in [-0.3, -0.25) is 14.5 Å². The van der Waals surface area contributed by atoms with Crippen LogP contribution in [0.2, 0.25) is 0 Å². The number of rotatable bonds is 8. The lowest BCUT2D eigenvalue weighted by Crippen LogP contribution is -2.62. The molecule has 1 aromatic carbocycles. The van der Waals surface area contributed by atoms with E-state index < -0.39 is 0 Å². The molecular formula is C22H31NO3. The van der Waals surface area contributed by atoms with Gasteiger partial charge in [-0.25, -0.2) is 0 Å². The zero-order valence-electron chi connectivity index (χ0n) is 16.5. The lowest BCUT2D eigenvalue weighted by atomic mass is 9.57. The van der Waals surface area contributed by atoms with E-state index in [-0.39, 0.29) is 17.5 Å². The third-order valence-electron chi connectivity index (χ3n) is 5.98. The molecule has 1 heterocycles. The molecule has 3 rings (SSSR count). The Hall–Kier alpha value is -1.68. The minimum absolute atomic E-state index is 0.0132. The van der Waals surface area contributed by atoms with E-state index in [9.17, 15) is 9.59 Å². The number of ketones is 2. The molecule has 1 saturated carbocycles. The molecule has 0 amide bonds. The van der Waals surface area contributed by atoms with Crippen molar-refractivity contribution in [2.75, 3.05) is 26.2 Å². The molecule has 4 heteroatoms. The number of carbonyl (C=O) groups excluding carboxylic acids is 2. The molecule has 0 radical (unpaired) electrons. The lowest BCUT2D eigenvalue weighted by Gasteiger charge is -2.59. The van der Waals surface area contributed by atoms with Crippen LogP contribution in [0.15, 0.2) is 18.2 Å². The van der Waals surface area contributed by atoms with Crippen LogP contribution in [0.3, 0.4) is 0 Å². The van der Waals surface area contributed by atoms with Crippen LogP contribution in [0.5, 0.6) is 5.75 Å². The standard InChI is InChI=1S/C22H31NO3/c1-5-17-11-22(12-17)13-23(14-22)8-9-26-18-6-7-19(16(4)24)20(10-18)21(25)15(2)3/h6-7,10,15,17H,5,8-9,11-14H2,1-4H3. The molecule has 1 aromatic rings. The topological polar surface area (TPSA) is 46.6 Å². The van der Waals surface area contributed by atoms with Gasteiger partial charge in [0.25, 0.3) is 0 Å². The molecule has 0 unspecified atom stereocenters. The lowest BCUT2D eigenvalue weighted by molar-refractivity contribution is -0.0973. The van der Waals surface area contributed by atoms with Gasteiger partial charge in [-0.1, -0.05) is 27.2 Å². The molecule has 1 saturated heterocycles. The average Bonchev–Trinajstić information content (AvgIpc) is 2.53. The average molecular weight is 357 g/mol. The molecular weight excluding hydrogens is 326 g/mol. The van der Waals surface area contributed by atoms with Crippen LogP contribution in [-0.2, 0) is 0 Å². The van der Waals surface area contributed by atoms with Gasteiger partial charge in [0.1, 0.15) is 12.4 Å². The summed E-state index contributed by atoms with van der Waals surface area (Å²) in [6.45, 7) is 11.4. The summed E-state index contributed by atoms with van der Waals surface area (Å²) in [4.78, 5) is 26.7. The van der Waals surface area contributed by atoms with Crippen LogP contribution in [0.1, 0.15) is 67.7 Å². The second-order valence-corrected chi connectivity index (χ2v) is 8.52. The summed E-state index contributed by atoms with van der Waals surface area (Å²) in [5.41, 5.74) is 1.57. The Labute approximate surface area is 156 Å². The highest BCUT2D eigenvalue weighted by Crippen LogP contribution is 2.52. The van der Waals surface area contributed by atoms with E-state index in [1.807, 2.05) is 13.8 Å². The van der Waals surface area contributed by atoms with Crippen LogP contribution in [0.25, 0.3) is 0 Å². The van der Waals surface area contributed by atoms with Crippen molar-refractivity contribution in [3.05, 3.63) is 29.3 Å². The van der Waals surface area contributed by atoms with E-state index in [0.29, 0.717) is 28.9 Å². The first kappa shape index (κ1) is 19.1. The van der Waals surface area contributed by atoms with Gasteiger partial charge in [-0.2, -0.15) is 0 Å². The maximum atomic E-state index is 12.4. The molecule has 0 atom stereocenters. The Balaban J connectivity index is 1.52. The largest absolute Gasteiger partial charge is 0.492 e. The Kier molecular flexibility index (Phi) is 5.52. The van der Waals surface area contributed by atoms with E-state index in [2.05, 4.69) is 11.8 Å². The second kappa shape index (κ2) is 7.51. The fraction of sp³-hybridized carbons (Fsp3) is 0.636. The first-order chi connectivity index (χ1) is 12.3. The van der Waals surface area contributed by atoms with Gasteiger partial charge >= 0.3 is 0 Å². The first-order valence-corrected chi connectivity index (χ1v) is 9.88. The van der Waals surface area contributed by atoms with Crippen LogP contribution in [0.4, 0.5) is 0 Å². The molecule has 0 N–H and O–H groups in total. The molecule has 1 aliphatic carbocycles. The van der Waals surface area contributed by atoms with Gasteiger partial charge in [0.05, 0.1) is 0 Å². The quantitative estimate of drug-likeness (QED) is 0.653. The SMILES string of the molecule is CCC1CC2(C1)CN(CCOc1ccc(C(C)=O)c(C(=O)C(C)C)c1)C2. The zero-order chi connectivity index (χ0) is 18.9. The van der Waals surface area contributed by atoms with Crippen molar-refractivity contribution >= 4 is 11.6 Å². The number of hydrogen-bond acceptors (Lipinski definition) is 4. The summed E-state index contributed by atoms with van der Waals surface area (Å²) in [5.74, 6) is 1.38. The summed E-state index contributed by atoms with van der Waals surface area (Å²) >= 11 is 0. The Morgan fingerprint density at radius 3 is 2.50 bits per heavy atom. The predicted octanol–water partition coefficient (Wildman–Crippen LogP) is 4.23. The minimum atomic E-state index is -0.143. The maximum Gasteiger partial charge on any atom is 0.166 e. The van der Waals surface area contributed by atoms with Crippen molar-refractivity contribution in [2.24, 2.45) is 17.3 Å². The number of carbonyl (C=O) groups is 2. The molecule has 2 aliphatic rings. The molecule has 26 heavy (non-hydrogen) atoms. The summed E-state index contributed by atoms with van der Waals surface area (Å²) in [6.07, 6.45) is 4.11. The summed E-state index contributed by atoms with van der Waals surface area (Å²) in [6, 6.07) is 5.24. The van der Waals surface area contributed by atoms with E-state index in [1.165, 1.54) is 39.3 Å². The van der Waals surface area contributed by atoms with E-state index in [0.717, 1.165) is 12.5 Å². The predicted molar refractivity (Wildman–Crippen MR) is 103 cm³/mol. The monoisotopic (exact) mass is 357 g/mol. The van der Waals surface area contributed by atoms with Crippen molar-refractivity contribution in [1.29, 1.82) is 0 Å². The number of ether oxygens (including phenoxy) is 1. The fourth-order valence-electron chi connectivity index (χ4n) is 4.50. The fourth-order valence-corrected chi connectivity index (χ4v) is 4.50. The second-order valence-electron chi connectivity index (χ2n) is 8.52. The van der Waals surface area contributed by atoms with Gasteiger partial charge < -0.3 is 4.74 Å². The highest BCUT2D eigenvalue weighted by molar-refractivity contribution is 6.08. The van der Waals surface area contributed by atoms with Crippen LogP contribution in [0, 0.1) is 17.3 Å². The molecule has 0 aromatic heterocycles. The number of likely N-dealkylation sites (tertiary alicyclic amines) is 1. The molecule has 1 spiro atoms. The molecule has 142 valence electrons. The first-order valence-electron chi connectivity index (χ1n) is 9.88. The highest BCUT2D eigenvalue weighted by Gasteiger charge is 2.50. The number of Topliss-reactive ketones (excluding diaryl/α,β-unsaturated/α-hetero) is 2. The van der Waals surface area contributed by atoms with Crippen LogP contribution in [-0.4, -0.2) is 42.7 Å². The van der Waals surface area contributed by atoms with Gasteiger partial charge in [-0.15, -0.1) is 0 Å². The Morgan fingerprint density at radius 1 is 1.23 bits per heavy atom. The van der Waals surface area contributed by atoms with Crippen molar-refractivity contribution in [3.63, 3.8) is 0 Å². The molecule has 4 nitrogen and oxygen atoms in total. The van der Waals surface area contributed by atoms with Gasteiger partial charge in [0.2, 0.25) is 0 Å². The van der Waals surface area contributed by atoms with Crippen molar-refractivity contribution in [1.82, 2.24) is 4.90 Å². The van der Waals surface area contributed by atoms with Crippen molar-refractivity contribution in [2.45, 2.75) is 47.0 Å². The van der Waals surface area contributed by atoms with Crippen molar-refractivity contribution in [3.8, 4) is 5.75 Å². The summed E-state index contributed by atoms with van der Waals surface area (Å²) < 4.78 is 5.87. The number of nitrogens with zero attached hydrogens (tertiary/aromatic N) is 1. The third-order valence-corrected chi connectivity index (χ3v) is 5.98. The normalized spacial score (nSPS) is 19.3. The zero-order valence-corrected chi connectivity index (χ0v) is 16.5. The summed E-state index contributed by atoms with van der Waals surface area (Å²) in [7, 11) is 0. The van der Waals surface area contributed by atoms with Gasteiger partial charge in [-0.05, 0) is 49.3 Å². The number of benzene rings is 1.